The maximum Gasteiger partial charge on any atom is 0.248 e. The molecule has 0 unspecified atom stereocenters. The monoisotopic (exact) mass is 349 g/mol. The summed E-state index contributed by atoms with van der Waals surface area (Å²) >= 11 is 0. The molecule has 7 nitrogen and oxygen atoms in total. The minimum absolute atomic E-state index is 0.0248. The standard InChI is InChI=1S/C18H27N3O4/c1-24-14-17(22)21-6-2-4-15(12-21)18(23)20-9-7-19(8-10-20)13-16-5-3-11-25-16/h3,5,11,15H,2,4,6-10,12-14H2,1H3/t15-/m1/s1. The Kier molecular flexibility index (Phi) is 6.09. The van der Waals surface area contributed by atoms with Crippen molar-refractivity contribution in [2.24, 2.45) is 5.92 Å². The summed E-state index contributed by atoms with van der Waals surface area (Å²) in [7, 11) is 1.52. The van der Waals surface area contributed by atoms with E-state index in [0.29, 0.717) is 6.54 Å². The van der Waals surface area contributed by atoms with Crippen molar-refractivity contribution in [2.75, 3.05) is 53.0 Å². The molecule has 25 heavy (non-hydrogen) atoms. The second-order valence-electron chi connectivity index (χ2n) is 6.79. The van der Waals surface area contributed by atoms with Crippen LogP contribution in [0.5, 0.6) is 0 Å². The number of hydrogen-bond donors (Lipinski definition) is 0. The Morgan fingerprint density at radius 1 is 1.20 bits per heavy atom. The second kappa shape index (κ2) is 8.49. The van der Waals surface area contributed by atoms with Gasteiger partial charge in [-0.05, 0) is 25.0 Å². The number of amides is 2. The molecule has 0 spiro atoms. The fraction of sp³-hybridized carbons (Fsp3) is 0.667. The topological polar surface area (TPSA) is 66.2 Å². The number of piperazine rings is 1. The van der Waals surface area contributed by atoms with Crippen LogP contribution in [0.2, 0.25) is 0 Å². The van der Waals surface area contributed by atoms with Crippen LogP contribution < -0.4 is 0 Å². The van der Waals surface area contributed by atoms with E-state index < -0.39 is 0 Å². The van der Waals surface area contributed by atoms with Crippen LogP contribution in [0.15, 0.2) is 22.8 Å². The maximum atomic E-state index is 12.8. The van der Waals surface area contributed by atoms with Gasteiger partial charge in [0.15, 0.2) is 0 Å². The van der Waals surface area contributed by atoms with Gasteiger partial charge in [0.2, 0.25) is 11.8 Å². The van der Waals surface area contributed by atoms with Crippen molar-refractivity contribution < 1.29 is 18.7 Å². The third-order valence-corrected chi connectivity index (χ3v) is 5.03. The van der Waals surface area contributed by atoms with Gasteiger partial charge in [-0.2, -0.15) is 0 Å². The third-order valence-electron chi connectivity index (χ3n) is 5.03. The summed E-state index contributed by atoms with van der Waals surface area (Å²) in [5, 5.41) is 0. The Morgan fingerprint density at radius 2 is 2.00 bits per heavy atom. The largest absolute Gasteiger partial charge is 0.468 e. The van der Waals surface area contributed by atoms with Gasteiger partial charge in [-0.1, -0.05) is 0 Å². The van der Waals surface area contributed by atoms with Crippen molar-refractivity contribution in [2.45, 2.75) is 19.4 Å². The van der Waals surface area contributed by atoms with Gasteiger partial charge in [0, 0.05) is 46.4 Å². The van der Waals surface area contributed by atoms with E-state index in [1.807, 2.05) is 17.0 Å². The first kappa shape index (κ1) is 17.9. The van der Waals surface area contributed by atoms with E-state index in [9.17, 15) is 9.59 Å². The number of piperidine rings is 1. The van der Waals surface area contributed by atoms with Crippen molar-refractivity contribution in [3.63, 3.8) is 0 Å². The fourth-order valence-electron chi connectivity index (χ4n) is 3.63. The summed E-state index contributed by atoms with van der Waals surface area (Å²) in [4.78, 5) is 30.8. The first-order chi connectivity index (χ1) is 12.2. The van der Waals surface area contributed by atoms with E-state index in [4.69, 9.17) is 9.15 Å². The summed E-state index contributed by atoms with van der Waals surface area (Å²) in [6, 6.07) is 3.87. The molecule has 138 valence electrons. The van der Waals surface area contributed by atoms with Crippen molar-refractivity contribution in [1.29, 1.82) is 0 Å². The first-order valence-corrected chi connectivity index (χ1v) is 8.97. The molecule has 2 amide bonds. The molecule has 2 fully saturated rings. The van der Waals surface area contributed by atoms with E-state index in [1.54, 1.807) is 11.2 Å². The molecule has 1 aromatic heterocycles. The van der Waals surface area contributed by atoms with Gasteiger partial charge < -0.3 is 19.0 Å². The van der Waals surface area contributed by atoms with E-state index in [2.05, 4.69) is 4.90 Å². The van der Waals surface area contributed by atoms with Crippen molar-refractivity contribution in [3.8, 4) is 0 Å². The van der Waals surface area contributed by atoms with E-state index in [0.717, 1.165) is 57.9 Å². The van der Waals surface area contributed by atoms with E-state index in [1.165, 1.54) is 7.11 Å². The van der Waals surface area contributed by atoms with Gasteiger partial charge in [-0.25, -0.2) is 0 Å². The Balaban J connectivity index is 1.47. The molecular formula is C18H27N3O4. The number of hydrogen-bond acceptors (Lipinski definition) is 5. The normalized spacial score (nSPS) is 22.2. The summed E-state index contributed by atoms with van der Waals surface area (Å²) in [6.45, 7) is 5.31. The van der Waals surface area contributed by atoms with Gasteiger partial charge >= 0.3 is 0 Å². The molecule has 0 bridgehead atoms. The van der Waals surface area contributed by atoms with Gasteiger partial charge in [0.05, 0.1) is 18.7 Å². The lowest BCUT2D eigenvalue weighted by atomic mass is 9.96. The van der Waals surface area contributed by atoms with E-state index >= 15 is 0 Å². The molecule has 2 aliphatic heterocycles. The fourth-order valence-corrected chi connectivity index (χ4v) is 3.63. The number of carbonyl (C=O) groups is 2. The number of methoxy groups -OCH3 is 1. The quantitative estimate of drug-likeness (QED) is 0.787. The zero-order chi connectivity index (χ0) is 17.6. The highest BCUT2D eigenvalue weighted by molar-refractivity contribution is 5.82. The highest BCUT2D eigenvalue weighted by atomic mass is 16.5. The minimum atomic E-state index is -0.0776. The number of likely N-dealkylation sites (tertiary alicyclic amines) is 1. The summed E-state index contributed by atoms with van der Waals surface area (Å²) in [6.07, 6.45) is 3.43. The van der Waals surface area contributed by atoms with Crippen molar-refractivity contribution in [3.05, 3.63) is 24.2 Å². The Hall–Kier alpha value is -1.86. The summed E-state index contributed by atoms with van der Waals surface area (Å²) in [5.41, 5.74) is 0. The molecule has 0 saturated carbocycles. The number of nitrogens with zero attached hydrogens (tertiary/aromatic N) is 3. The van der Waals surface area contributed by atoms with Crippen LogP contribution in [0.3, 0.4) is 0 Å². The number of rotatable bonds is 5. The molecule has 0 aromatic carbocycles. The minimum Gasteiger partial charge on any atom is -0.468 e. The lowest BCUT2D eigenvalue weighted by Gasteiger charge is -2.38. The van der Waals surface area contributed by atoms with Crippen molar-refractivity contribution >= 4 is 11.8 Å². The van der Waals surface area contributed by atoms with Gasteiger partial charge in [-0.15, -0.1) is 0 Å². The van der Waals surface area contributed by atoms with Crippen molar-refractivity contribution in [1.82, 2.24) is 14.7 Å². The van der Waals surface area contributed by atoms with Gasteiger partial charge in [0.25, 0.3) is 0 Å². The Morgan fingerprint density at radius 3 is 2.68 bits per heavy atom. The lowest BCUT2D eigenvalue weighted by molar-refractivity contribution is -0.143. The SMILES string of the molecule is COCC(=O)N1CCC[C@@H](C(=O)N2CCN(Cc3ccco3)CC2)C1. The number of carbonyl (C=O) groups excluding carboxylic acids is 2. The van der Waals surface area contributed by atoms with Crippen LogP contribution in [0.25, 0.3) is 0 Å². The van der Waals surface area contributed by atoms with Crippen LogP contribution in [0, 0.1) is 5.92 Å². The molecule has 1 atom stereocenters. The molecule has 0 radical (unpaired) electrons. The average molecular weight is 349 g/mol. The smallest absolute Gasteiger partial charge is 0.248 e. The van der Waals surface area contributed by atoms with Crippen LogP contribution in [-0.2, 0) is 20.9 Å². The predicted molar refractivity (Wildman–Crippen MR) is 91.7 cm³/mol. The third kappa shape index (κ3) is 4.61. The zero-order valence-corrected chi connectivity index (χ0v) is 14.9. The Bertz CT molecular complexity index is 567. The molecular weight excluding hydrogens is 322 g/mol. The number of furan rings is 1. The lowest BCUT2D eigenvalue weighted by Crippen LogP contribution is -2.53. The van der Waals surface area contributed by atoms with Crippen LogP contribution >= 0.6 is 0 Å². The van der Waals surface area contributed by atoms with Crippen LogP contribution in [0.1, 0.15) is 18.6 Å². The van der Waals surface area contributed by atoms with Gasteiger partial charge in [0.1, 0.15) is 12.4 Å². The molecule has 2 saturated heterocycles. The zero-order valence-electron chi connectivity index (χ0n) is 14.9. The number of ether oxygens (including phenoxy) is 1. The predicted octanol–water partition coefficient (Wildman–Crippen LogP) is 0.809. The molecule has 3 rings (SSSR count). The molecule has 0 N–H and O–H groups in total. The second-order valence-corrected chi connectivity index (χ2v) is 6.79. The highest BCUT2D eigenvalue weighted by Crippen LogP contribution is 2.20. The maximum absolute atomic E-state index is 12.8. The first-order valence-electron chi connectivity index (χ1n) is 8.97. The summed E-state index contributed by atoms with van der Waals surface area (Å²) < 4.78 is 10.3. The molecule has 0 aliphatic carbocycles. The van der Waals surface area contributed by atoms with Crippen LogP contribution in [0.4, 0.5) is 0 Å². The molecule has 1 aromatic rings. The van der Waals surface area contributed by atoms with E-state index in [-0.39, 0.29) is 24.3 Å². The highest BCUT2D eigenvalue weighted by Gasteiger charge is 2.32. The average Bonchev–Trinajstić information content (AvgIpc) is 3.15. The molecule has 2 aliphatic rings. The Labute approximate surface area is 148 Å². The van der Waals surface area contributed by atoms with Gasteiger partial charge in [-0.3, -0.25) is 14.5 Å². The van der Waals surface area contributed by atoms with Crippen LogP contribution in [-0.4, -0.2) is 79.5 Å². The molecule has 3 heterocycles. The molecule has 7 heteroatoms. The summed E-state index contributed by atoms with van der Waals surface area (Å²) in [5.74, 6) is 1.04.